The van der Waals surface area contributed by atoms with Gasteiger partial charge in [-0.05, 0) is 31.2 Å². The van der Waals surface area contributed by atoms with E-state index in [1.165, 1.54) is 0 Å². The predicted molar refractivity (Wildman–Crippen MR) is 79.2 cm³/mol. The number of rotatable bonds is 3. The van der Waals surface area contributed by atoms with E-state index in [0.29, 0.717) is 17.4 Å². The van der Waals surface area contributed by atoms with Gasteiger partial charge in [0.1, 0.15) is 5.69 Å². The summed E-state index contributed by atoms with van der Waals surface area (Å²) < 4.78 is 7.01. The molecule has 0 aliphatic carbocycles. The highest BCUT2D eigenvalue weighted by Gasteiger charge is 2.18. The Kier molecular flexibility index (Phi) is 2.82. The zero-order valence-corrected chi connectivity index (χ0v) is 11.8. The fourth-order valence-corrected chi connectivity index (χ4v) is 2.24. The lowest BCUT2D eigenvalue weighted by atomic mass is 10.3. The normalized spacial score (nSPS) is 11.0. The van der Waals surface area contributed by atoms with Gasteiger partial charge in [-0.15, -0.1) is 5.10 Å². The molecule has 7 heteroatoms. The van der Waals surface area contributed by atoms with Crippen LogP contribution in [-0.2, 0) is 0 Å². The molecule has 0 radical (unpaired) electrons. The van der Waals surface area contributed by atoms with Gasteiger partial charge < -0.3 is 9.51 Å². The molecule has 0 fully saturated rings. The highest BCUT2D eigenvalue weighted by atomic mass is 16.5. The Morgan fingerprint density at radius 3 is 2.73 bits per heavy atom. The van der Waals surface area contributed by atoms with E-state index < -0.39 is 0 Å². The average molecular weight is 292 g/mol. The summed E-state index contributed by atoms with van der Waals surface area (Å²) in [6.45, 7) is 1.92. The lowest BCUT2D eigenvalue weighted by Crippen LogP contribution is -1.98. The van der Waals surface area contributed by atoms with Crippen molar-refractivity contribution in [2.45, 2.75) is 6.92 Å². The van der Waals surface area contributed by atoms with Gasteiger partial charge in [-0.25, -0.2) is 4.68 Å². The van der Waals surface area contributed by atoms with Crippen molar-refractivity contribution in [1.82, 2.24) is 30.1 Å². The minimum absolute atomic E-state index is 0.421. The van der Waals surface area contributed by atoms with Crippen LogP contribution in [0.2, 0.25) is 0 Å². The van der Waals surface area contributed by atoms with Crippen LogP contribution in [0, 0.1) is 6.92 Å². The van der Waals surface area contributed by atoms with Gasteiger partial charge in [0.2, 0.25) is 5.82 Å². The van der Waals surface area contributed by atoms with Crippen LogP contribution in [-0.4, -0.2) is 30.1 Å². The summed E-state index contributed by atoms with van der Waals surface area (Å²) in [5.41, 5.74) is 3.16. The summed E-state index contributed by atoms with van der Waals surface area (Å²) in [7, 11) is 0. The van der Waals surface area contributed by atoms with Crippen LogP contribution in [0.5, 0.6) is 0 Å². The molecule has 4 aromatic rings. The third kappa shape index (κ3) is 1.99. The van der Waals surface area contributed by atoms with Crippen LogP contribution in [0.1, 0.15) is 5.69 Å². The number of hydrogen-bond donors (Lipinski definition) is 1. The van der Waals surface area contributed by atoms with E-state index in [9.17, 15) is 0 Å². The first-order chi connectivity index (χ1) is 10.8. The van der Waals surface area contributed by atoms with Crippen LogP contribution in [0.3, 0.4) is 0 Å². The predicted octanol–water partition coefficient (Wildman–Crippen LogP) is 2.62. The standard InChI is InChI=1S/C15H12N6O/c1-10-13(18-20-21(10)11-6-3-2-4-7-11)14-17-15(22-19-14)12-8-5-9-16-12/h2-9,16H,1H3. The van der Waals surface area contributed by atoms with E-state index in [2.05, 4.69) is 25.4 Å². The topological polar surface area (TPSA) is 85.4 Å². The number of aromatic amines is 1. The molecule has 0 aliphatic heterocycles. The van der Waals surface area contributed by atoms with Gasteiger partial charge in [0.15, 0.2) is 5.69 Å². The lowest BCUT2D eigenvalue weighted by Gasteiger charge is -2.01. The Bertz CT molecular complexity index is 891. The van der Waals surface area contributed by atoms with Crippen molar-refractivity contribution in [3.8, 4) is 28.8 Å². The fraction of sp³-hybridized carbons (Fsp3) is 0.0667. The number of hydrogen-bond acceptors (Lipinski definition) is 5. The molecule has 0 bridgehead atoms. The van der Waals surface area contributed by atoms with Crippen LogP contribution < -0.4 is 0 Å². The minimum atomic E-state index is 0.421. The molecule has 1 N–H and O–H groups in total. The van der Waals surface area contributed by atoms with E-state index >= 15 is 0 Å². The number of nitrogens with zero attached hydrogens (tertiary/aromatic N) is 5. The van der Waals surface area contributed by atoms with Crippen molar-refractivity contribution >= 4 is 0 Å². The summed E-state index contributed by atoms with van der Waals surface area (Å²) >= 11 is 0. The first-order valence-corrected chi connectivity index (χ1v) is 6.78. The number of H-pyrrole nitrogens is 1. The van der Waals surface area contributed by atoms with Crippen molar-refractivity contribution in [2.24, 2.45) is 0 Å². The number of para-hydroxylation sites is 1. The molecular formula is C15H12N6O. The Morgan fingerprint density at radius 2 is 1.95 bits per heavy atom. The SMILES string of the molecule is Cc1c(-c2noc(-c3ccc[nH]3)n2)nnn1-c1ccccc1. The second kappa shape index (κ2) is 4.96. The zero-order chi connectivity index (χ0) is 14.9. The van der Waals surface area contributed by atoms with Gasteiger partial charge in [0.05, 0.1) is 11.4 Å². The van der Waals surface area contributed by atoms with Gasteiger partial charge in [0.25, 0.3) is 5.89 Å². The van der Waals surface area contributed by atoms with Crippen molar-refractivity contribution in [3.63, 3.8) is 0 Å². The number of nitrogens with one attached hydrogen (secondary N) is 1. The van der Waals surface area contributed by atoms with E-state index in [1.807, 2.05) is 49.4 Å². The highest BCUT2D eigenvalue weighted by Crippen LogP contribution is 2.23. The second-order valence-corrected chi connectivity index (χ2v) is 4.78. The molecule has 0 saturated heterocycles. The molecular weight excluding hydrogens is 280 g/mol. The minimum Gasteiger partial charge on any atom is -0.357 e. The molecule has 0 saturated carbocycles. The van der Waals surface area contributed by atoms with Gasteiger partial charge in [-0.2, -0.15) is 4.98 Å². The maximum absolute atomic E-state index is 5.26. The summed E-state index contributed by atoms with van der Waals surface area (Å²) in [4.78, 5) is 7.39. The van der Waals surface area contributed by atoms with Crippen LogP contribution in [0.15, 0.2) is 53.2 Å². The zero-order valence-electron chi connectivity index (χ0n) is 11.8. The molecule has 0 atom stereocenters. The summed E-state index contributed by atoms with van der Waals surface area (Å²) in [6.07, 6.45) is 1.80. The van der Waals surface area contributed by atoms with E-state index in [0.717, 1.165) is 17.1 Å². The van der Waals surface area contributed by atoms with Crippen LogP contribution >= 0.6 is 0 Å². The Hall–Kier alpha value is -3.22. The molecule has 4 rings (SSSR count). The molecule has 0 unspecified atom stereocenters. The summed E-state index contributed by atoms with van der Waals surface area (Å²) in [6, 6.07) is 13.5. The van der Waals surface area contributed by atoms with Crippen molar-refractivity contribution in [1.29, 1.82) is 0 Å². The van der Waals surface area contributed by atoms with Crippen molar-refractivity contribution in [2.75, 3.05) is 0 Å². The molecule has 22 heavy (non-hydrogen) atoms. The largest absolute Gasteiger partial charge is 0.357 e. The van der Waals surface area contributed by atoms with Gasteiger partial charge in [-0.1, -0.05) is 28.6 Å². The molecule has 1 aromatic carbocycles. The fourth-order valence-electron chi connectivity index (χ4n) is 2.24. The molecule has 3 heterocycles. The van der Waals surface area contributed by atoms with Gasteiger partial charge in [-0.3, -0.25) is 0 Å². The molecule has 0 amide bonds. The Morgan fingerprint density at radius 1 is 1.09 bits per heavy atom. The van der Waals surface area contributed by atoms with E-state index in [-0.39, 0.29) is 0 Å². The van der Waals surface area contributed by atoms with Crippen LogP contribution in [0.4, 0.5) is 0 Å². The number of benzene rings is 1. The lowest BCUT2D eigenvalue weighted by molar-refractivity contribution is 0.431. The third-order valence-corrected chi connectivity index (χ3v) is 3.36. The molecule has 108 valence electrons. The number of aromatic nitrogens is 6. The first kappa shape index (κ1) is 12.5. The van der Waals surface area contributed by atoms with Crippen LogP contribution in [0.25, 0.3) is 28.8 Å². The van der Waals surface area contributed by atoms with E-state index in [1.54, 1.807) is 10.9 Å². The van der Waals surface area contributed by atoms with Gasteiger partial charge >= 0.3 is 0 Å². The van der Waals surface area contributed by atoms with E-state index in [4.69, 9.17) is 4.52 Å². The maximum Gasteiger partial charge on any atom is 0.274 e. The van der Waals surface area contributed by atoms with Crippen molar-refractivity contribution < 1.29 is 4.52 Å². The first-order valence-electron chi connectivity index (χ1n) is 6.78. The Balaban J connectivity index is 1.74. The quantitative estimate of drug-likeness (QED) is 0.627. The maximum atomic E-state index is 5.26. The monoisotopic (exact) mass is 292 g/mol. The van der Waals surface area contributed by atoms with Gasteiger partial charge in [0, 0.05) is 6.20 Å². The summed E-state index contributed by atoms with van der Waals surface area (Å²) in [5, 5.41) is 12.3. The highest BCUT2D eigenvalue weighted by molar-refractivity contribution is 5.56. The molecule has 0 spiro atoms. The Labute approximate surface area is 125 Å². The molecule has 3 aromatic heterocycles. The summed E-state index contributed by atoms with van der Waals surface area (Å²) in [5.74, 6) is 0.845. The molecule has 0 aliphatic rings. The third-order valence-electron chi connectivity index (χ3n) is 3.36. The second-order valence-electron chi connectivity index (χ2n) is 4.78. The smallest absolute Gasteiger partial charge is 0.274 e. The molecule has 7 nitrogen and oxygen atoms in total. The average Bonchev–Trinajstić information content (AvgIpc) is 3.28. The van der Waals surface area contributed by atoms with Crippen molar-refractivity contribution in [3.05, 3.63) is 54.4 Å².